The van der Waals surface area contributed by atoms with E-state index in [4.69, 9.17) is 5.73 Å². The Hall–Kier alpha value is -1.78. The van der Waals surface area contributed by atoms with Gasteiger partial charge < -0.3 is 10.6 Å². The summed E-state index contributed by atoms with van der Waals surface area (Å²) in [6, 6.07) is 3.67. The van der Waals surface area contributed by atoms with Crippen molar-refractivity contribution in [2.24, 2.45) is 5.73 Å². The van der Waals surface area contributed by atoms with Crippen LogP contribution in [0.15, 0.2) is 18.3 Å². The van der Waals surface area contributed by atoms with E-state index >= 15 is 0 Å². The summed E-state index contributed by atoms with van der Waals surface area (Å²) in [7, 11) is 0. The molecule has 0 radical (unpaired) electrons. The molecule has 1 fully saturated rings. The van der Waals surface area contributed by atoms with Crippen molar-refractivity contribution in [3.05, 3.63) is 18.3 Å². The Balaban J connectivity index is 2.15. The van der Waals surface area contributed by atoms with Crippen molar-refractivity contribution in [2.45, 2.75) is 12.5 Å². The topological polar surface area (TPSA) is 62.5 Å². The van der Waals surface area contributed by atoms with Gasteiger partial charge >= 0.3 is 6.03 Å². The van der Waals surface area contributed by atoms with Crippen molar-refractivity contribution in [1.29, 1.82) is 0 Å². The van der Waals surface area contributed by atoms with E-state index in [0.29, 0.717) is 5.82 Å². The van der Waals surface area contributed by atoms with E-state index in [9.17, 15) is 4.79 Å². The predicted octanol–water partition coefficient (Wildman–Crippen LogP) is 0.559. The van der Waals surface area contributed by atoms with Crippen LogP contribution in [0.1, 0.15) is 6.42 Å². The summed E-state index contributed by atoms with van der Waals surface area (Å²) in [6.07, 6.45) is 2.67. The maximum absolute atomic E-state index is 11.4. The minimum absolute atomic E-state index is 0.199. The lowest BCUT2D eigenvalue weighted by molar-refractivity contribution is 0.252. The van der Waals surface area contributed by atoms with E-state index in [2.05, 4.69) is 9.88 Å². The number of carbonyl (C=O) groups excluding carboxylic acids is 1. The Morgan fingerprint density at radius 2 is 2.47 bits per heavy atom. The number of hydrogen-bond donors (Lipinski definition) is 1. The van der Waals surface area contributed by atoms with E-state index < -0.39 is 6.03 Å². The van der Waals surface area contributed by atoms with Crippen LogP contribution < -0.4 is 15.5 Å². The van der Waals surface area contributed by atoms with Crippen molar-refractivity contribution in [2.75, 3.05) is 22.9 Å². The van der Waals surface area contributed by atoms with Gasteiger partial charge in [0.25, 0.3) is 0 Å². The van der Waals surface area contributed by atoms with Crippen LogP contribution in [0, 0.1) is 0 Å². The lowest BCUT2D eigenvalue weighted by atomic mass is 10.2. The number of pyridine rings is 1. The molecule has 0 aromatic carbocycles. The lowest BCUT2D eigenvalue weighted by Gasteiger charge is -2.34. The quantitative estimate of drug-likeness (QED) is 0.671. The van der Waals surface area contributed by atoms with Crippen LogP contribution in [-0.4, -0.2) is 30.1 Å². The number of fused-ring (bicyclic) bond motifs is 4. The van der Waals surface area contributed by atoms with Crippen molar-refractivity contribution in [3.63, 3.8) is 0 Å². The molecule has 1 saturated heterocycles. The highest BCUT2D eigenvalue weighted by Gasteiger charge is 2.38. The number of nitrogens with two attached hydrogens (primary N) is 1. The monoisotopic (exact) mass is 204 g/mol. The SMILES string of the molecule is NC(=O)N1c2ncccc2N2CCC1C2. The Bertz CT molecular complexity index is 420. The highest BCUT2D eigenvalue weighted by atomic mass is 16.2. The van der Waals surface area contributed by atoms with E-state index in [1.807, 2.05) is 12.1 Å². The van der Waals surface area contributed by atoms with E-state index in [-0.39, 0.29) is 6.04 Å². The fourth-order valence-corrected chi connectivity index (χ4v) is 2.45. The van der Waals surface area contributed by atoms with Crippen molar-refractivity contribution in [3.8, 4) is 0 Å². The molecule has 1 atom stereocenters. The molecule has 15 heavy (non-hydrogen) atoms. The minimum atomic E-state index is -0.401. The molecular formula is C10H12N4O. The second-order valence-electron chi connectivity index (χ2n) is 3.94. The van der Waals surface area contributed by atoms with Gasteiger partial charge in [0.05, 0.1) is 11.7 Å². The van der Waals surface area contributed by atoms with Crippen LogP contribution in [0.2, 0.25) is 0 Å². The molecule has 78 valence electrons. The minimum Gasteiger partial charge on any atom is -0.366 e. The van der Waals surface area contributed by atoms with Crippen molar-refractivity contribution < 1.29 is 4.79 Å². The first-order chi connectivity index (χ1) is 7.27. The second-order valence-corrected chi connectivity index (χ2v) is 3.94. The first-order valence-corrected chi connectivity index (χ1v) is 5.06. The molecule has 0 saturated carbocycles. The number of anilines is 2. The molecule has 2 aliphatic heterocycles. The van der Waals surface area contributed by atoms with Gasteiger partial charge in [-0.1, -0.05) is 0 Å². The molecular weight excluding hydrogens is 192 g/mol. The fraction of sp³-hybridized carbons (Fsp3) is 0.400. The number of rotatable bonds is 0. The Labute approximate surface area is 87.5 Å². The summed E-state index contributed by atoms with van der Waals surface area (Å²) in [5.41, 5.74) is 6.41. The molecule has 3 rings (SSSR count). The first-order valence-electron chi connectivity index (χ1n) is 5.06. The zero-order valence-electron chi connectivity index (χ0n) is 8.26. The average Bonchev–Trinajstić information content (AvgIpc) is 2.63. The van der Waals surface area contributed by atoms with E-state index in [1.54, 1.807) is 11.1 Å². The molecule has 2 amide bonds. The summed E-state index contributed by atoms with van der Waals surface area (Å²) in [5, 5.41) is 0. The van der Waals surface area contributed by atoms with Crippen LogP contribution in [0.25, 0.3) is 0 Å². The third-order valence-corrected chi connectivity index (χ3v) is 3.10. The van der Waals surface area contributed by atoms with E-state index in [1.165, 1.54) is 0 Å². The van der Waals surface area contributed by atoms with Crippen LogP contribution in [0.3, 0.4) is 0 Å². The van der Waals surface area contributed by atoms with Gasteiger partial charge in [-0.25, -0.2) is 9.78 Å². The molecule has 2 aliphatic rings. The Morgan fingerprint density at radius 3 is 3.27 bits per heavy atom. The number of urea groups is 1. The number of amides is 2. The number of nitrogens with zero attached hydrogens (tertiary/aromatic N) is 3. The number of primary amides is 1. The summed E-state index contributed by atoms with van der Waals surface area (Å²) in [4.78, 5) is 19.5. The van der Waals surface area contributed by atoms with E-state index in [0.717, 1.165) is 25.2 Å². The fourth-order valence-electron chi connectivity index (χ4n) is 2.45. The molecule has 2 bridgehead atoms. The normalized spacial score (nSPS) is 22.8. The van der Waals surface area contributed by atoms with Gasteiger partial charge in [0.1, 0.15) is 0 Å². The third kappa shape index (κ3) is 1.09. The van der Waals surface area contributed by atoms with Gasteiger partial charge in [-0.3, -0.25) is 4.90 Å². The maximum Gasteiger partial charge on any atom is 0.320 e. The lowest BCUT2D eigenvalue weighted by Crippen LogP contribution is -2.48. The molecule has 1 aromatic rings. The molecule has 0 aliphatic carbocycles. The highest BCUT2D eigenvalue weighted by Crippen LogP contribution is 2.37. The summed E-state index contributed by atoms with van der Waals surface area (Å²) in [5.74, 6) is 0.707. The zero-order chi connectivity index (χ0) is 10.4. The Morgan fingerprint density at radius 1 is 1.60 bits per heavy atom. The number of hydrogen-bond acceptors (Lipinski definition) is 3. The molecule has 1 aromatic heterocycles. The second kappa shape index (κ2) is 2.85. The summed E-state index contributed by atoms with van der Waals surface area (Å²) < 4.78 is 0. The van der Waals surface area contributed by atoms with Crippen molar-refractivity contribution >= 4 is 17.5 Å². The van der Waals surface area contributed by atoms with Crippen LogP contribution >= 0.6 is 0 Å². The zero-order valence-corrected chi connectivity index (χ0v) is 8.26. The summed E-state index contributed by atoms with van der Waals surface area (Å²) >= 11 is 0. The molecule has 5 nitrogen and oxygen atoms in total. The van der Waals surface area contributed by atoms with Crippen molar-refractivity contribution in [1.82, 2.24) is 4.98 Å². The maximum atomic E-state index is 11.4. The smallest absolute Gasteiger partial charge is 0.320 e. The van der Waals surface area contributed by atoms with Crippen LogP contribution in [0.5, 0.6) is 0 Å². The largest absolute Gasteiger partial charge is 0.366 e. The molecule has 1 unspecified atom stereocenters. The van der Waals surface area contributed by atoms with Gasteiger partial charge in [0, 0.05) is 19.3 Å². The van der Waals surface area contributed by atoms with Gasteiger partial charge in [-0.15, -0.1) is 0 Å². The molecule has 0 spiro atoms. The standard InChI is InChI=1S/C10H12N4O/c11-10(15)14-7-3-5-13(6-7)8-2-1-4-12-9(8)14/h1-2,4,7H,3,5-6H2,(H2,11,15). The number of aromatic nitrogens is 1. The molecule has 5 heteroatoms. The number of carbonyl (C=O) groups is 1. The first kappa shape index (κ1) is 8.52. The molecule has 3 heterocycles. The molecule has 2 N–H and O–H groups in total. The van der Waals surface area contributed by atoms with Crippen LogP contribution in [-0.2, 0) is 0 Å². The Kier molecular flexibility index (Phi) is 1.62. The van der Waals surface area contributed by atoms with Gasteiger partial charge in [0.15, 0.2) is 5.82 Å². The highest BCUT2D eigenvalue weighted by molar-refractivity contribution is 5.95. The average molecular weight is 204 g/mol. The summed E-state index contributed by atoms with van der Waals surface area (Å²) in [6.45, 7) is 1.86. The van der Waals surface area contributed by atoms with Gasteiger partial charge in [0.2, 0.25) is 0 Å². The van der Waals surface area contributed by atoms with Crippen LogP contribution in [0.4, 0.5) is 16.3 Å². The van der Waals surface area contributed by atoms with Gasteiger partial charge in [-0.05, 0) is 18.6 Å². The third-order valence-electron chi connectivity index (χ3n) is 3.10. The van der Waals surface area contributed by atoms with Gasteiger partial charge in [-0.2, -0.15) is 0 Å². The predicted molar refractivity (Wildman–Crippen MR) is 56.9 cm³/mol.